The van der Waals surface area contributed by atoms with Crippen molar-refractivity contribution in [2.24, 2.45) is 28.6 Å². The SMILES string of the molecule is COc1ccc([C@H]2[C@@H](C(=O)C34CC5CC(CC(C5)C3)C4)N3c4ccccc4C=C[C@@H]3C2(C#N)C#N)cc1. The van der Waals surface area contributed by atoms with Crippen molar-refractivity contribution in [2.75, 3.05) is 12.0 Å². The normalized spacial score (nSPS) is 35.8. The third-order valence-electron chi connectivity index (χ3n) is 10.2. The number of carbonyl (C=O) groups is 1. The quantitative estimate of drug-likeness (QED) is 0.536. The highest BCUT2D eigenvalue weighted by Gasteiger charge is 2.66. The summed E-state index contributed by atoms with van der Waals surface area (Å²) in [5.74, 6) is 2.32. The van der Waals surface area contributed by atoms with Crippen molar-refractivity contribution in [3.05, 3.63) is 65.7 Å². The zero-order chi connectivity index (χ0) is 25.4. The number of anilines is 1. The Balaban J connectivity index is 1.43. The molecular formula is C32H31N3O2. The highest BCUT2D eigenvalue weighted by molar-refractivity contribution is 5.97. The number of benzene rings is 2. The molecule has 0 spiro atoms. The molecule has 37 heavy (non-hydrogen) atoms. The maximum atomic E-state index is 15.1. The third-order valence-corrected chi connectivity index (χ3v) is 10.2. The number of nitrogens with zero attached hydrogens (tertiary/aromatic N) is 3. The first-order valence-corrected chi connectivity index (χ1v) is 13.6. The predicted molar refractivity (Wildman–Crippen MR) is 141 cm³/mol. The molecule has 0 amide bonds. The van der Waals surface area contributed by atoms with Crippen molar-refractivity contribution in [1.82, 2.24) is 0 Å². The summed E-state index contributed by atoms with van der Waals surface area (Å²) in [7, 11) is 1.63. The number of hydrogen-bond acceptors (Lipinski definition) is 5. The van der Waals surface area contributed by atoms with Crippen LogP contribution in [0.25, 0.3) is 6.08 Å². The van der Waals surface area contributed by atoms with Gasteiger partial charge in [-0.25, -0.2) is 0 Å². The van der Waals surface area contributed by atoms with E-state index in [0.717, 1.165) is 36.1 Å². The molecule has 0 aromatic heterocycles. The Morgan fingerprint density at radius 2 is 1.57 bits per heavy atom. The molecule has 6 aliphatic rings. The molecule has 2 aliphatic heterocycles. The van der Waals surface area contributed by atoms with Gasteiger partial charge in [0.1, 0.15) is 5.75 Å². The maximum Gasteiger partial charge on any atom is 0.176 e. The van der Waals surface area contributed by atoms with Crippen molar-refractivity contribution in [3.63, 3.8) is 0 Å². The molecule has 8 rings (SSSR count). The van der Waals surface area contributed by atoms with Gasteiger partial charge < -0.3 is 9.64 Å². The van der Waals surface area contributed by atoms with Crippen LogP contribution in [0.1, 0.15) is 55.6 Å². The summed E-state index contributed by atoms with van der Waals surface area (Å²) in [5.41, 5.74) is 1.10. The first kappa shape index (κ1) is 22.6. The lowest BCUT2D eigenvalue weighted by molar-refractivity contribution is -0.145. The first-order chi connectivity index (χ1) is 18.0. The molecule has 5 nitrogen and oxygen atoms in total. The number of para-hydroxylation sites is 1. The molecule has 2 aromatic rings. The van der Waals surface area contributed by atoms with Crippen molar-refractivity contribution >= 4 is 17.5 Å². The summed E-state index contributed by atoms with van der Waals surface area (Å²) in [5, 5.41) is 21.4. The van der Waals surface area contributed by atoms with E-state index >= 15 is 4.79 Å². The highest BCUT2D eigenvalue weighted by Crippen LogP contribution is 2.63. The number of methoxy groups -OCH3 is 1. The summed E-state index contributed by atoms with van der Waals surface area (Å²) in [6.07, 6.45) is 10.7. The Hall–Kier alpha value is -3.57. The average molecular weight is 490 g/mol. The Labute approximate surface area is 218 Å². The van der Waals surface area contributed by atoms with E-state index in [4.69, 9.17) is 4.74 Å². The van der Waals surface area contributed by atoms with Crippen LogP contribution in [-0.4, -0.2) is 25.0 Å². The molecule has 0 radical (unpaired) electrons. The van der Waals surface area contributed by atoms with E-state index in [1.807, 2.05) is 54.6 Å². The van der Waals surface area contributed by atoms with Crippen LogP contribution in [0, 0.1) is 51.2 Å². The van der Waals surface area contributed by atoms with Gasteiger partial charge in [0.15, 0.2) is 11.2 Å². The van der Waals surface area contributed by atoms with Gasteiger partial charge in [-0.2, -0.15) is 10.5 Å². The lowest BCUT2D eigenvalue weighted by Gasteiger charge is -2.57. The predicted octanol–water partition coefficient (Wildman–Crippen LogP) is 5.88. The van der Waals surface area contributed by atoms with E-state index in [1.165, 1.54) is 19.3 Å². The molecule has 1 saturated heterocycles. The molecule has 4 bridgehead atoms. The van der Waals surface area contributed by atoms with Gasteiger partial charge in [0, 0.05) is 17.0 Å². The van der Waals surface area contributed by atoms with Crippen LogP contribution < -0.4 is 9.64 Å². The Morgan fingerprint density at radius 3 is 2.16 bits per heavy atom. The van der Waals surface area contributed by atoms with Gasteiger partial charge in [-0.05, 0) is 85.6 Å². The van der Waals surface area contributed by atoms with Crippen LogP contribution >= 0.6 is 0 Å². The Kier molecular flexibility index (Phi) is 4.87. The van der Waals surface area contributed by atoms with Gasteiger partial charge in [0.05, 0.1) is 31.3 Å². The minimum Gasteiger partial charge on any atom is -0.497 e. The summed E-state index contributed by atoms with van der Waals surface area (Å²) >= 11 is 0. The fourth-order valence-corrected chi connectivity index (χ4v) is 9.15. The summed E-state index contributed by atoms with van der Waals surface area (Å²) < 4.78 is 5.40. The molecule has 5 fully saturated rings. The summed E-state index contributed by atoms with van der Waals surface area (Å²) in [6.45, 7) is 0. The molecule has 3 atom stereocenters. The van der Waals surface area contributed by atoms with E-state index in [9.17, 15) is 10.5 Å². The second kappa shape index (κ2) is 7.96. The molecular weight excluding hydrogens is 458 g/mol. The molecule has 5 heteroatoms. The topological polar surface area (TPSA) is 77.1 Å². The minimum atomic E-state index is -1.39. The van der Waals surface area contributed by atoms with Crippen molar-refractivity contribution < 1.29 is 9.53 Å². The number of carbonyl (C=O) groups excluding carboxylic acids is 1. The van der Waals surface area contributed by atoms with Crippen LogP contribution in [-0.2, 0) is 4.79 Å². The van der Waals surface area contributed by atoms with Crippen LogP contribution in [0.15, 0.2) is 54.6 Å². The van der Waals surface area contributed by atoms with Gasteiger partial charge in [-0.1, -0.05) is 42.5 Å². The number of Topliss-reactive ketones (excluding diaryl/α,β-unsaturated/α-hetero) is 1. The van der Waals surface area contributed by atoms with Crippen LogP contribution in [0.4, 0.5) is 5.69 Å². The third kappa shape index (κ3) is 3.04. The van der Waals surface area contributed by atoms with Crippen molar-refractivity contribution in [3.8, 4) is 17.9 Å². The lowest BCUT2D eigenvalue weighted by Crippen LogP contribution is -2.56. The van der Waals surface area contributed by atoms with E-state index in [-0.39, 0.29) is 11.2 Å². The van der Waals surface area contributed by atoms with Crippen LogP contribution in [0.5, 0.6) is 5.75 Å². The zero-order valence-electron chi connectivity index (χ0n) is 21.1. The number of ether oxygens (including phenoxy) is 1. The fourth-order valence-electron chi connectivity index (χ4n) is 9.15. The van der Waals surface area contributed by atoms with Gasteiger partial charge in [-0.3, -0.25) is 4.79 Å². The standard InChI is InChI=1S/C32H31N3O2/c1-37-25-9-6-24(7-10-25)28-29(30(36)31-15-20-12-21(16-31)14-22(13-20)17-31)35-26-5-3-2-4-23(26)8-11-27(35)32(28,18-33)19-34/h2-11,20-22,27-29H,12-17H2,1H3/t20?,21?,22?,27-,28+,29+,31?/m1/s1. The Bertz CT molecular complexity index is 1330. The molecule has 2 heterocycles. The molecule has 4 aliphatic carbocycles. The van der Waals surface area contributed by atoms with E-state index in [2.05, 4.69) is 23.1 Å². The van der Waals surface area contributed by atoms with Crippen molar-refractivity contribution in [2.45, 2.75) is 56.5 Å². The van der Waals surface area contributed by atoms with E-state index in [1.54, 1.807) is 7.11 Å². The van der Waals surface area contributed by atoms with E-state index < -0.39 is 23.4 Å². The molecule has 0 N–H and O–H groups in total. The first-order valence-electron chi connectivity index (χ1n) is 13.6. The highest BCUT2D eigenvalue weighted by atomic mass is 16.5. The van der Waals surface area contributed by atoms with Gasteiger partial charge in [0.25, 0.3) is 0 Å². The van der Waals surface area contributed by atoms with Crippen LogP contribution in [0.3, 0.4) is 0 Å². The maximum absolute atomic E-state index is 15.1. The van der Waals surface area contributed by atoms with Crippen LogP contribution in [0.2, 0.25) is 0 Å². The number of fused-ring (bicyclic) bond motifs is 3. The number of rotatable bonds is 4. The second-order valence-corrected chi connectivity index (χ2v) is 12.1. The monoisotopic (exact) mass is 489 g/mol. The van der Waals surface area contributed by atoms with Gasteiger partial charge >= 0.3 is 0 Å². The number of nitriles is 2. The minimum absolute atomic E-state index is 0.259. The summed E-state index contributed by atoms with van der Waals surface area (Å²) in [4.78, 5) is 17.2. The number of hydrogen-bond donors (Lipinski definition) is 0. The summed E-state index contributed by atoms with van der Waals surface area (Å²) in [6, 6.07) is 19.6. The Morgan fingerprint density at radius 1 is 0.946 bits per heavy atom. The smallest absolute Gasteiger partial charge is 0.176 e. The second-order valence-electron chi connectivity index (χ2n) is 12.1. The molecule has 186 valence electrons. The fraction of sp³-hybridized carbons (Fsp3) is 0.469. The lowest BCUT2D eigenvalue weighted by atomic mass is 9.47. The van der Waals surface area contributed by atoms with Crippen molar-refractivity contribution in [1.29, 1.82) is 10.5 Å². The molecule has 4 saturated carbocycles. The number of ketones is 1. The average Bonchev–Trinajstić information content (AvgIpc) is 3.23. The molecule has 2 aromatic carbocycles. The largest absolute Gasteiger partial charge is 0.497 e. The van der Waals surface area contributed by atoms with E-state index in [0.29, 0.717) is 23.5 Å². The zero-order valence-corrected chi connectivity index (χ0v) is 21.1. The van der Waals surface area contributed by atoms with Gasteiger partial charge in [0.2, 0.25) is 0 Å². The van der Waals surface area contributed by atoms with Gasteiger partial charge in [-0.15, -0.1) is 0 Å². The molecule has 0 unspecified atom stereocenters.